The molecule has 2 fully saturated rings. The van der Waals surface area contributed by atoms with Crippen LogP contribution in [0.25, 0.3) is 0 Å². The van der Waals surface area contributed by atoms with Crippen LogP contribution < -0.4 is 15.5 Å². The van der Waals surface area contributed by atoms with Crippen molar-refractivity contribution >= 4 is 17.6 Å². The molecule has 0 radical (unpaired) electrons. The molecule has 2 saturated heterocycles. The average molecular weight is 508 g/mol. The van der Waals surface area contributed by atoms with E-state index in [1.54, 1.807) is 6.07 Å². The molecule has 12 heteroatoms. The van der Waals surface area contributed by atoms with Gasteiger partial charge in [-0.15, -0.1) is 0 Å². The molecule has 194 valence electrons. The van der Waals surface area contributed by atoms with Gasteiger partial charge in [0, 0.05) is 37.7 Å². The topological polar surface area (TPSA) is 131 Å². The monoisotopic (exact) mass is 507 g/mol. The van der Waals surface area contributed by atoms with Crippen LogP contribution in [0.1, 0.15) is 53.9 Å². The highest BCUT2D eigenvalue weighted by atomic mass is 19.4. The summed E-state index contributed by atoms with van der Waals surface area (Å²) in [5.74, 6) is -2.17. The molecule has 4 rings (SSSR count). The number of halogens is 3. The van der Waals surface area contributed by atoms with E-state index in [-0.39, 0.29) is 11.9 Å². The number of rotatable bonds is 5. The zero-order valence-corrected chi connectivity index (χ0v) is 19.6. The van der Waals surface area contributed by atoms with Crippen LogP contribution in [0.15, 0.2) is 34.9 Å². The van der Waals surface area contributed by atoms with Crippen LogP contribution in [-0.4, -0.2) is 60.0 Å². The Morgan fingerprint density at radius 2 is 1.92 bits per heavy atom. The lowest BCUT2D eigenvalue weighted by molar-refractivity contribution is -0.192. The van der Waals surface area contributed by atoms with Gasteiger partial charge in [-0.2, -0.15) is 18.4 Å². The fourth-order valence-corrected chi connectivity index (χ4v) is 4.23. The molecule has 0 saturated carbocycles. The third-order valence-electron chi connectivity index (χ3n) is 6.09. The van der Waals surface area contributed by atoms with E-state index in [0.29, 0.717) is 17.3 Å². The van der Waals surface area contributed by atoms with Crippen LogP contribution >= 0.6 is 0 Å². The van der Waals surface area contributed by atoms with Gasteiger partial charge in [-0.3, -0.25) is 4.79 Å². The van der Waals surface area contributed by atoms with Gasteiger partial charge in [-0.05, 0) is 44.4 Å². The van der Waals surface area contributed by atoms with Crippen molar-refractivity contribution in [3.8, 4) is 6.07 Å². The van der Waals surface area contributed by atoms with Crippen molar-refractivity contribution in [1.82, 2.24) is 15.8 Å². The molecule has 2 aromatic rings. The van der Waals surface area contributed by atoms with E-state index in [2.05, 4.69) is 26.8 Å². The lowest BCUT2D eigenvalue weighted by Crippen LogP contribution is -2.45. The molecule has 1 unspecified atom stereocenters. The van der Waals surface area contributed by atoms with Gasteiger partial charge in [0.1, 0.15) is 11.8 Å². The van der Waals surface area contributed by atoms with Crippen molar-refractivity contribution in [2.45, 2.75) is 56.8 Å². The number of piperidine rings is 2. The molecule has 3 N–H and O–H groups in total. The number of carbonyl (C=O) groups excluding carboxylic acids is 1. The molecule has 1 atom stereocenters. The number of nitriles is 1. The van der Waals surface area contributed by atoms with Crippen LogP contribution in [0.2, 0.25) is 0 Å². The first-order valence-corrected chi connectivity index (χ1v) is 11.7. The maximum absolute atomic E-state index is 12.6. The summed E-state index contributed by atoms with van der Waals surface area (Å²) in [4.78, 5) is 23.7. The van der Waals surface area contributed by atoms with Crippen molar-refractivity contribution in [3.63, 3.8) is 0 Å². The molecule has 2 aliphatic heterocycles. The Labute approximate surface area is 206 Å². The molecule has 0 spiro atoms. The maximum atomic E-state index is 12.6. The van der Waals surface area contributed by atoms with Crippen molar-refractivity contribution < 1.29 is 32.4 Å². The molecule has 1 aromatic carbocycles. The minimum atomic E-state index is -5.08. The number of anilines is 1. The molecular weight excluding hydrogens is 479 g/mol. The van der Waals surface area contributed by atoms with Crippen LogP contribution in [0.5, 0.6) is 0 Å². The summed E-state index contributed by atoms with van der Waals surface area (Å²) in [7, 11) is 0. The molecular formula is C24H28F3N5O4. The Hall–Kier alpha value is -3.59. The van der Waals surface area contributed by atoms with Crippen LogP contribution in [-0.2, 0) is 11.2 Å². The quantitative estimate of drug-likeness (QED) is 0.562. The van der Waals surface area contributed by atoms with E-state index in [0.717, 1.165) is 56.8 Å². The summed E-state index contributed by atoms with van der Waals surface area (Å²) < 4.78 is 37.1. The second kappa shape index (κ2) is 12.4. The Morgan fingerprint density at radius 1 is 1.22 bits per heavy atom. The highest BCUT2D eigenvalue weighted by Crippen LogP contribution is 2.24. The highest BCUT2D eigenvalue weighted by molar-refractivity contribution is 5.92. The van der Waals surface area contributed by atoms with E-state index < -0.39 is 12.1 Å². The molecule has 0 aliphatic carbocycles. The largest absolute Gasteiger partial charge is 0.490 e. The van der Waals surface area contributed by atoms with Gasteiger partial charge in [-0.25, -0.2) is 4.79 Å². The van der Waals surface area contributed by atoms with E-state index in [1.807, 2.05) is 24.3 Å². The van der Waals surface area contributed by atoms with Gasteiger partial charge < -0.3 is 25.2 Å². The standard InChI is InChI=1S/C22H27N5O2.C2HF3O2/c23-15-16-5-1-2-7-21(16)27-11-8-17(9-12-27)25-22(28)20-14-19(29-26-20)13-18-6-3-4-10-24-18;3-2(4,5)1(6)7/h1-2,5,7,14,17-18,24H,3-4,6,8-13H2,(H,25,28);(H,6,7). The first kappa shape index (κ1) is 27.0. The summed E-state index contributed by atoms with van der Waals surface area (Å²) in [6.45, 7) is 2.66. The Bertz CT molecular complexity index is 1070. The van der Waals surface area contributed by atoms with Crippen molar-refractivity contribution in [2.75, 3.05) is 24.5 Å². The van der Waals surface area contributed by atoms with Crippen LogP contribution in [0.4, 0.5) is 18.9 Å². The number of benzene rings is 1. The Kier molecular flexibility index (Phi) is 9.30. The third-order valence-corrected chi connectivity index (χ3v) is 6.09. The van der Waals surface area contributed by atoms with Gasteiger partial charge in [0.2, 0.25) is 0 Å². The second-order valence-corrected chi connectivity index (χ2v) is 8.70. The number of hydrogen-bond acceptors (Lipinski definition) is 7. The van der Waals surface area contributed by atoms with E-state index in [9.17, 15) is 23.2 Å². The lowest BCUT2D eigenvalue weighted by Gasteiger charge is -2.34. The number of carbonyl (C=O) groups is 2. The van der Waals surface area contributed by atoms with E-state index in [1.165, 1.54) is 12.8 Å². The first-order valence-electron chi connectivity index (χ1n) is 11.7. The fraction of sp³-hybridized carbons (Fsp3) is 0.500. The van der Waals surface area contributed by atoms with Crippen molar-refractivity contribution in [2.24, 2.45) is 0 Å². The zero-order valence-electron chi connectivity index (χ0n) is 19.6. The third kappa shape index (κ3) is 7.71. The fourth-order valence-electron chi connectivity index (χ4n) is 4.23. The number of aliphatic carboxylic acids is 1. The van der Waals surface area contributed by atoms with Gasteiger partial charge in [-0.1, -0.05) is 23.7 Å². The maximum Gasteiger partial charge on any atom is 0.490 e. The number of hydrogen-bond donors (Lipinski definition) is 3. The number of alkyl halides is 3. The average Bonchev–Trinajstić information content (AvgIpc) is 3.33. The SMILES string of the molecule is N#Cc1ccccc1N1CCC(NC(=O)c2cc(CC3CCCCN3)on2)CC1.O=C(O)C(F)(F)F. The highest BCUT2D eigenvalue weighted by Gasteiger charge is 2.38. The summed E-state index contributed by atoms with van der Waals surface area (Å²) in [6.07, 6.45) is 0.954. The molecule has 36 heavy (non-hydrogen) atoms. The van der Waals surface area contributed by atoms with Crippen molar-refractivity contribution in [1.29, 1.82) is 5.26 Å². The molecule has 9 nitrogen and oxygen atoms in total. The second-order valence-electron chi connectivity index (χ2n) is 8.70. The van der Waals surface area contributed by atoms with Gasteiger partial charge >= 0.3 is 12.1 Å². The van der Waals surface area contributed by atoms with Crippen LogP contribution in [0, 0.1) is 11.3 Å². The number of para-hydroxylation sites is 1. The van der Waals surface area contributed by atoms with Gasteiger partial charge in [0.25, 0.3) is 5.91 Å². The van der Waals surface area contributed by atoms with Crippen molar-refractivity contribution in [3.05, 3.63) is 47.3 Å². The summed E-state index contributed by atoms with van der Waals surface area (Å²) >= 11 is 0. The molecule has 1 aromatic heterocycles. The Morgan fingerprint density at radius 3 is 2.53 bits per heavy atom. The number of nitrogens with one attached hydrogen (secondary N) is 2. The Balaban J connectivity index is 0.000000454. The molecule has 1 amide bonds. The predicted molar refractivity (Wildman–Crippen MR) is 123 cm³/mol. The normalized spacial score (nSPS) is 18.5. The number of aromatic nitrogens is 1. The predicted octanol–water partition coefficient (Wildman–Crippen LogP) is 3.26. The summed E-state index contributed by atoms with van der Waals surface area (Å²) in [5, 5.41) is 27.0. The molecule has 0 bridgehead atoms. The van der Waals surface area contributed by atoms with Gasteiger partial charge in [0.05, 0.1) is 11.3 Å². The minimum absolute atomic E-state index is 0.105. The number of carboxylic acids is 1. The minimum Gasteiger partial charge on any atom is -0.475 e. The number of nitrogens with zero attached hydrogens (tertiary/aromatic N) is 3. The molecule has 3 heterocycles. The zero-order chi connectivity index (χ0) is 26.1. The number of amides is 1. The lowest BCUT2D eigenvalue weighted by atomic mass is 10.0. The van der Waals surface area contributed by atoms with Gasteiger partial charge in [0.15, 0.2) is 5.69 Å². The van der Waals surface area contributed by atoms with E-state index in [4.69, 9.17) is 14.4 Å². The molecule has 2 aliphatic rings. The summed E-state index contributed by atoms with van der Waals surface area (Å²) in [6, 6.07) is 12.2. The first-order chi connectivity index (χ1) is 17.2. The summed E-state index contributed by atoms with van der Waals surface area (Å²) in [5.41, 5.74) is 2.02. The number of carboxylic acid groups (broad SMARTS) is 1. The van der Waals surface area contributed by atoms with Crippen LogP contribution in [0.3, 0.4) is 0 Å². The van der Waals surface area contributed by atoms with E-state index >= 15 is 0 Å². The smallest absolute Gasteiger partial charge is 0.475 e.